The van der Waals surface area contributed by atoms with Crippen LogP contribution in [0, 0.1) is 0 Å². The molecule has 1 heterocycles. The summed E-state index contributed by atoms with van der Waals surface area (Å²) in [7, 11) is 0. The first kappa shape index (κ1) is 13.9. The van der Waals surface area contributed by atoms with E-state index in [4.69, 9.17) is 9.47 Å². The van der Waals surface area contributed by atoms with Crippen molar-refractivity contribution in [3.05, 3.63) is 22.7 Å². The first-order chi connectivity index (χ1) is 9.04. The predicted octanol–water partition coefficient (Wildman–Crippen LogP) is 2.13. The SMILES string of the molecule is CCOC(=O)[C@@H](C)N1C(=O)COc2ccc(Br)cc21. The second-order valence-corrected chi connectivity index (χ2v) is 5.01. The average molecular weight is 328 g/mol. The summed E-state index contributed by atoms with van der Waals surface area (Å²) in [6, 6.07) is 4.66. The van der Waals surface area contributed by atoms with E-state index < -0.39 is 12.0 Å². The van der Waals surface area contributed by atoms with Gasteiger partial charge in [-0.05, 0) is 32.0 Å². The lowest BCUT2D eigenvalue weighted by atomic mass is 10.2. The largest absolute Gasteiger partial charge is 0.482 e. The van der Waals surface area contributed by atoms with E-state index in [2.05, 4.69) is 15.9 Å². The third kappa shape index (κ3) is 2.73. The zero-order valence-electron chi connectivity index (χ0n) is 10.7. The number of hydrogen-bond acceptors (Lipinski definition) is 4. The maximum absolute atomic E-state index is 12.0. The monoisotopic (exact) mass is 327 g/mol. The standard InChI is InChI=1S/C13H14BrNO4/c1-3-18-13(17)8(2)15-10-6-9(14)4-5-11(10)19-7-12(15)16/h4-6,8H,3,7H2,1-2H3/t8-/m1/s1. The quantitative estimate of drug-likeness (QED) is 0.798. The summed E-state index contributed by atoms with van der Waals surface area (Å²) >= 11 is 3.35. The molecular formula is C13H14BrNO4. The molecule has 0 aliphatic carbocycles. The van der Waals surface area contributed by atoms with E-state index in [1.54, 1.807) is 26.0 Å². The van der Waals surface area contributed by atoms with Gasteiger partial charge >= 0.3 is 5.97 Å². The normalized spacial score (nSPS) is 15.5. The van der Waals surface area contributed by atoms with E-state index in [1.807, 2.05) is 6.07 Å². The van der Waals surface area contributed by atoms with Gasteiger partial charge in [-0.25, -0.2) is 4.79 Å². The second-order valence-electron chi connectivity index (χ2n) is 4.09. The Labute approximate surface area is 119 Å². The molecular weight excluding hydrogens is 314 g/mol. The van der Waals surface area contributed by atoms with Crippen molar-refractivity contribution in [2.75, 3.05) is 18.1 Å². The summed E-state index contributed by atoms with van der Waals surface area (Å²) in [6.45, 7) is 3.59. The Hall–Kier alpha value is -1.56. The van der Waals surface area contributed by atoms with Gasteiger partial charge in [0.15, 0.2) is 6.61 Å². The van der Waals surface area contributed by atoms with Crippen LogP contribution < -0.4 is 9.64 Å². The Morgan fingerprint density at radius 2 is 2.32 bits per heavy atom. The average Bonchev–Trinajstić information content (AvgIpc) is 2.38. The van der Waals surface area contributed by atoms with Crippen LogP contribution in [0.4, 0.5) is 5.69 Å². The van der Waals surface area contributed by atoms with Crippen LogP contribution in [0.5, 0.6) is 5.75 Å². The van der Waals surface area contributed by atoms with Gasteiger partial charge in [0.25, 0.3) is 5.91 Å². The fourth-order valence-electron chi connectivity index (χ4n) is 1.94. The maximum atomic E-state index is 12.0. The molecule has 0 saturated carbocycles. The number of nitrogens with zero attached hydrogens (tertiary/aromatic N) is 1. The second kappa shape index (κ2) is 5.61. The highest BCUT2D eigenvalue weighted by atomic mass is 79.9. The van der Waals surface area contributed by atoms with E-state index in [9.17, 15) is 9.59 Å². The number of esters is 1. The maximum Gasteiger partial charge on any atom is 0.328 e. The van der Waals surface area contributed by atoms with Crippen molar-refractivity contribution in [1.29, 1.82) is 0 Å². The molecule has 6 heteroatoms. The minimum atomic E-state index is -0.676. The van der Waals surface area contributed by atoms with Crippen LogP contribution in [0.3, 0.4) is 0 Å². The zero-order chi connectivity index (χ0) is 14.0. The number of rotatable bonds is 3. The molecule has 0 fully saturated rings. The van der Waals surface area contributed by atoms with Gasteiger partial charge in [-0.2, -0.15) is 0 Å². The molecule has 102 valence electrons. The zero-order valence-corrected chi connectivity index (χ0v) is 12.3. The summed E-state index contributed by atoms with van der Waals surface area (Å²) in [6.07, 6.45) is 0. The number of carbonyl (C=O) groups is 2. The number of hydrogen-bond donors (Lipinski definition) is 0. The summed E-state index contributed by atoms with van der Waals surface area (Å²) in [5.74, 6) is -0.103. The van der Waals surface area contributed by atoms with Crippen molar-refractivity contribution < 1.29 is 19.1 Å². The number of benzene rings is 1. The van der Waals surface area contributed by atoms with Gasteiger partial charge in [-0.15, -0.1) is 0 Å². The number of amides is 1. The number of fused-ring (bicyclic) bond motifs is 1. The highest BCUT2D eigenvalue weighted by molar-refractivity contribution is 9.10. The van der Waals surface area contributed by atoms with Gasteiger partial charge < -0.3 is 9.47 Å². The van der Waals surface area contributed by atoms with Gasteiger partial charge in [0.2, 0.25) is 0 Å². The Kier molecular flexibility index (Phi) is 4.09. The number of halogens is 1. The molecule has 1 amide bonds. The fraction of sp³-hybridized carbons (Fsp3) is 0.385. The summed E-state index contributed by atoms with van der Waals surface area (Å²) < 4.78 is 11.1. The molecule has 0 bridgehead atoms. The molecule has 0 unspecified atom stereocenters. The number of carbonyl (C=O) groups excluding carboxylic acids is 2. The molecule has 0 saturated heterocycles. The van der Waals surface area contributed by atoms with Crippen molar-refractivity contribution in [3.8, 4) is 5.75 Å². The predicted molar refractivity (Wildman–Crippen MR) is 73.2 cm³/mol. The van der Waals surface area contributed by atoms with Gasteiger partial charge in [0.05, 0.1) is 12.3 Å². The minimum absolute atomic E-state index is 0.0711. The van der Waals surface area contributed by atoms with Crippen molar-refractivity contribution in [2.45, 2.75) is 19.9 Å². The van der Waals surface area contributed by atoms with Crippen molar-refractivity contribution in [3.63, 3.8) is 0 Å². The van der Waals surface area contributed by atoms with E-state index in [-0.39, 0.29) is 19.1 Å². The highest BCUT2D eigenvalue weighted by Gasteiger charge is 2.33. The summed E-state index contributed by atoms with van der Waals surface area (Å²) in [5.41, 5.74) is 0.575. The lowest BCUT2D eigenvalue weighted by Gasteiger charge is -2.32. The third-order valence-corrected chi connectivity index (χ3v) is 3.31. The molecule has 0 radical (unpaired) electrons. The molecule has 0 aromatic heterocycles. The van der Waals surface area contributed by atoms with E-state index in [0.717, 1.165) is 4.47 Å². The molecule has 1 aliphatic rings. The molecule has 0 N–H and O–H groups in total. The first-order valence-electron chi connectivity index (χ1n) is 5.95. The molecule has 1 atom stereocenters. The molecule has 5 nitrogen and oxygen atoms in total. The van der Waals surface area contributed by atoms with Crippen molar-refractivity contribution >= 4 is 33.5 Å². The lowest BCUT2D eigenvalue weighted by Crippen LogP contribution is -2.48. The first-order valence-corrected chi connectivity index (χ1v) is 6.75. The summed E-state index contributed by atoms with van der Waals surface area (Å²) in [5, 5.41) is 0. The molecule has 19 heavy (non-hydrogen) atoms. The lowest BCUT2D eigenvalue weighted by molar-refractivity contribution is -0.145. The smallest absolute Gasteiger partial charge is 0.328 e. The van der Waals surface area contributed by atoms with Crippen LogP contribution in [-0.4, -0.2) is 31.1 Å². The Morgan fingerprint density at radius 1 is 1.58 bits per heavy atom. The Morgan fingerprint density at radius 3 is 3.00 bits per heavy atom. The van der Waals surface area contributed by atoms with Crippen LogP contribution in [-0.2, 0) is 14.3 Å². The van der Waals surface area contributed by atoms with Crippen LogP contribution in [0.2, 0.25) is 0 Å². The minimum Gasteiger partial charge on any atom is -0.482 e. The van der Waals surface area contributed by atoms with Crippen LogP contribution >= 0.6 is 15.9 Å². The molecule has 1 aromatic rings. The summed E-state index contributed by atoms with van der Waals surface area (Å²) in [4.78, 5) is 25.2. The van der Waals surface area contributed by atoms with Crippen LogP contribution in [0.15, 0.2) is 22.7 Å². The van der Waals surface area contributed by atoms with Gasteiger partial charge in [-0.1, -0.05) is 15.9 Å². The molecule has 1 aliphatic heterocycles. The molecule has 0 spiro atoms. The van der Waals surface area contributed by atoms with Crippen molar-refractivity contribution in [2.24, 2.45) is 0 Å². The van der Waals surface area contributed by atoms with Crippen LogP contribution in [0.25, 0.3) is 0 Å². The highest BCUT2D eigenvalue weighted by Crippen LogP contribution is 2.35. The van der Waals surface area contributed by atoms with Gasteiger partial charge in [-0.3, -0.25) is 9.69 Å². The van der Waals surface area contributed by atoms with E-state index in [0.29, 0.717) is 11.4 Å². The van der Waals surface area contributed by atoms with Crippen LogP contribution in [0.1, 0.15) is 13.8 Å². The fourth-order valence-corrected chi connectivity index (χ4v) is 2.29. The topological polar surface area (TPSA) is 55.8 Å². The Bertz CT molecular complexity index is 517. The number of ether oxygens (including phenoxy) is 2. The van der Waals surface area contributed by atoms with E-state index in [1.165, 1.54) is 4.90 Å². The Balaban J connectivity index is 2.37. The number of anilines is 1. The molecule has 1 aromatic carbocycles. The third-order valence-electron chi connectivity index (χ3n) is 2.82. The van der Waals surface area contributed by atoms with Gasteiger partial charge in [0, 0.05) is 4.47 Å². The van der Waals surface area contributed by atoms with Gasteiger partial charge in [0.1, 0.15) is 11.8 Å². The molecule has 2 rings (SSSR count). The van der Waals surface area contributed by atoms with Crippen molar-refractivity contribution in [1.82, 2.24) is 0 Å². The van der Waals surface area contributed by atoms with E-state index >= 15 is 0 Å².